The number of hydrogen-bond acceptors (Lipinski definition) is 3. The molecule has 2 rings (SSSR count). The van der Waals surface area contributed by atoms with E-state index >= 15 is 0 Å². The van der Waals surface area contributed by atoms with E-state index in [1.807, 2.05) is 18.4 Å². The summed E-state index contributed by atoms with van der Waals surface area (Å²) in [6, 6.07) is 4.12. The van der Waals surface area contributed by atoms with Gasteiger partial charge >= 0.3 is 0 Å². The Morgan fingerprint density at radius 3 is 2.71 bits per heavy atom. The van der Waals surface area contributed by atoms with Crippen LogP contribution in [-0.4, -0.2) is 5.78 Å². The van der Waals surface area contributed by atoms with Gasteiger partial charge in [-0.2, -0.15) is 5.26 Å². The van der Waals surface area contributed by atoms with E-state index < -0.39 is 5.41 Å². The number of ketones is 1. The van der Waals surface area contributed by atoms with Gasteiger partial charge in [-0.3, -0.25) is 4.79 Å². The molecule has 0 aliphatic heterocycles. The van der Waals surface area contributed by atoms with Crippen molar-refractivity contribution in [1.29, 1.82) is 5.26 Å². The molecule has 14 heavy (non-hydrogen) atoms. The number of nitrogens with zero attached hydrogens (tertiary/aromatic N) is 1. The number of Topliss-reactive ketones (excluding diaryl/α,β-unsaturated/α-hetero) is 1. The standard InChI is InChI=1S/C11H11NOS/c1-8-3-6-14-9(8)10(13)11(7-12)4-2-5-11/h3,6H,2,4-5H2,1H3. The molecule has 1 aliphatic rings. The minimum Gasteiger partial charge on any atom is -0.291 e. The van der Waals surface area contributed by atoms with Crippen LogP contribution < -0.4 is 0 Å². The topological polar surface area (TPSA) is 40.9 Å². The van der Waals surface area contributed by atoms with Gasteiger partial charge < -0.3 is 0 Å². The summed E-state index contributed by atoms with van der Waals surface area (Å²) in [7, 11) is 0. The smallest absolute Gasteiger partial charge is 0.193 e. The van der Waals surface area contributed by atoms with Crippen LogP contribution in [-0.2, 0) is 0 Å². The van der Waals surface area contributed by atoms with Crippen molar-refractivity contribution >= 4 is 17.1 Å². The Morgan fingerprint density at radius 1 is 1.64 bits per heavy atom. The molecule has 72 valence electrons. The lowest BCUT2D eigenvalue weighted by Gasteiger charge is -2.33. The van der Waals surface area contributed by atoms with Crippen LogP contribution in [0.15, 0.2) is 11.4 Å². The van der Waals surface area contributed by atoms with Gasteiger partial charge in [0.1, 0.15) is 5.41 Å². The van der Waals surface area contributed by atoms with Crippen molar-refractivity contribution in [3.63, 3.8) is 0 Å². The first kappa shape index (κ1) is 9.42. The summed E-state index contributed by atoms with van der Waals surface area (Å²) in [4.78, 5) is 12.8. The molecule has 0 radical (unpaired) electrons. The predicted octanol–water partition coefficient (Wildman–Crippen LogP) is 2.93. The van der Waals surface area contributed by atoms with Gasteiger partial charge in [-0.05, 0) is 43.2 Å². The highest BCUT2D eigenvalue weighted by atomic mass is 32.1. The van der Waals surface area contributed by atoms with Crippen molar-refractivity contribution in [2.75, 3.05) is 0 Å². The van der Waals surface area contributed by atoms with E-state index in [-0.39, 0.29) is 5.78 Å². The summed E-state index contributed by atoms with van der Waals surface area (Å²) < 4.78 is 0. The molecule has 1 aliphatic carbocycles. The zero-order valence-corrected chi connectivity index (χ0v) is 8.86. The Labute approximate surface area is 87.2 Å². The van der Waals surface area contributed by atoms with Gasteiger partial charge in [-0.1, -0.05) is 0 Å². The van der Waals surface area contributed by atoms with E-state index in [9.17, 15) is 4.79 Å². The Balaban J connectivity index is 2.33. The number of carbonyl (C=O) groups is 1. The number of aryl methyl sites for hydroxylation is 1. The van der Waals surface area contributed by atoms with Crippen molar-refractivity contribution in [3.05, 3.63) is 21.9 Å². The number of carbonyl (C=O) groups excluding carboxylic acids is 1. The zero-order chi connectivity index (χ0) is 10.2. The molecule has 0 atom stereocenters. The van der Waals surface area contributed by atoms with Gasteiger partial charge in [0.25, 0.3) is 0 Å². The molecule has 1 aromatic rings. The van der Waals surface area contributed by atoms with E-state index in [0.29, 0.717) is 0 Å². The Kier molecular flexibility index (Phi) is 2.16. The maximum atomic E-state index is 12.0. The number of thiophene rings is 1. The van der Waals surface area contributed by atoms with Gasteiger partial charge in [0.15, 0.2) is 5.78 Å². The molecule has 1 saturated carbocycles. The Hall–Kier alpha value is -1.14. The number of rotatable bonds is 2. The van der Waals surface area contributed by atoms with E-state index in [2.05, 4.69) is 6.07 Å². The number of hydrogen-bond donors (Lipinski definition) is 0. The minimum atomic E-state index is -0.685. The maximum absolute atomic E-state index is 12.0. The van der Waals surface area contributed by atoms with Crippen LogP contribution in [0.1, 0.15) is 34.5 Å². The van der Waals surface area contributed by atoms with Gasteiger partial charge in [0, 0.05) is 0 Å². The second kappa shape index (κ2) is 3.21. The van der Waals surface area contributed by atoms with Crippen LogP contribution in [0.5, 0.6) is 0 Å². The van der Waals surface area contributed by atoms with E-state index in [1.54, 1.807) is 0 Å². The fraction of sp³-hybridized carbons (Fsp3) is 0.455. The summed E-state index contributed by atoms with van der Waals surface area (Å²) >= 11 is 1.45. The van der Waals surface area contributed by atoms with Crippen molar-refractivity contribution < 1.29 is 4.79 Å². The third-order valence-corrected chi connectivity index (χ3v) is 3.94. The largest absolute Gasteiger partial charge is 0.291 e. The van der Waals surface area contributed by atoms with Crippen LogP contribution in [0.4, 0.5) is 0 Å². The number of nitriles is 1. The van der Waals surface area contributed by atoms with Crippen molar-refractivity contribution in [2.45, 2.75) is 26.2 Å². The lowest BCUT2D eigenvalue weighted by atomic mass is 9.66. The second-order valence-corrected chi connectivity index (χ2v) is 4.73. The maximum Gasteiger partial charge on any atom is 0.193 e. The highest BCUT2D eigenvalue weighted by Crippen LogP contribution is 2.44. The SMILES string of the molecule is Cc1ccsc1C(=O)C1(C#N)CCC1. The second-order valence-electron chi connectivity index (χ2n) is 3.81. The fourth-order valence-electron chi connectivity index (χ4n) is 1.74. The predicted molar refractivity (Wildman–Crippen MR) is 55.3 cm³/mol. The van der Waals surface area contributed by atoms with Gasteiger partial charge in [-0.15, -0.1) is 11.3 Å². The average Bonchev–Trinajstić information content (AvgIpc) is 2.50. The van der Waals surface area contributed by atoms with Crippen molar-refractivity contribution in [1.82, 2.24) is 0 Å². The molecule has 0 unspecified atom stereocenters. The highest BCUT2D eigenvalue weighted by Gasteiger charge is 2.45. The summed E-state index contributed by atoms with van der Waals surface area (Å²) in [6.07, 6.45) is 2.48. The van der Waals surface area contributed by atoms with E-state index in [4.69, 9.17) is 5.26 Å². The Bertz CT molecular complexity index is 409. The summed E-state index contributed by atoms with van der Waals surface area (Å²) in [6.45, 7) is 1.92. The molecular weight excluding hydrogens is 194 g/mol. The van der Waals surface area contributed by atoms with Crippen LogP contribution in [0.25, 0.3) is 0 Å². The molecule has 2 nitrogen and oxygen atoms in total. The third-order valence-electron chi connectivity index (χ3n) is 2.92. The molecule has 0 spiro atoms. The first-order valence-electron chi connectivity index (χ1n) is 4.70. The molecule has 0 bridgehead atoms. The monoisotopic (exact) mass is 205 g/mol. The summed E-state index contributed by atoms with van der Waals surface area (Å²) in [5.41, 5.74) is 0.317. The lowest BCUT2D eigenvalue weighted by molar-refractivity contribution is 0.0752. The van der Waals surface area contributed by atoms with Crippen molar-refractivity contribution in [2.24, 2.45) is 5.41 Å². The first-order valence-corrected chi connectivity index (χ1v) is 5.58. The molecule has 0 N–H and O–H groups in total. The molecule has 0 aromatic carbocycles. The molecule has 0 saturated heterocycles. The Morgan fingerprint density at radius 2 is 2.36 bits per heavy atom. The minimum absolute atomic E-state index is 0.0405. The fourth-order valence-corrected chi connectivity index (χ4v) is 2.71. The van der Waals surface area contributed by atoms with Crippen LogP contribution in [0.3, 0.4) is 0 Å². The van der Waals surface area contributed by atoms with Crippen LogP contribution in [0.2, 0.25) is 0 Å². The summed E-state index contributed by atoms with van der Waals surface area (Å²) in [5.74, 6) is 0.0405. The quantitative estimate of drug-likeness (QED) is 0.696. The summed E-state index contributed by atoms with van der Waals surface area (Å²) in [5, 5.41) is 10.9. The van der Waals surface area contributed by atoms with Gasteiger partial charge in [0.2, 0.25) is 0 Å². The normalized spacial score (nSPS) is 18.3. The molecule has 1 aromatic heterocycles. The van der Waals surface area contributed by atoms with E-state index in [0.717, 1.165) is 29.7 Å². The van der Waals surface area contributed by atoms with E-state index in [1.165, 1.54) is 11.3 Å². The van der Waals surface area contributed by atoms with Crippen molar-refractivity contribution in [3.8, 4) is 6.07 Å². The lowest BCUT2D eigenvalue weighted by Crippen LogP contribution is -2.36. The highest BCUT2D eigenvalue weighted by molar-refractivity contribution is 7.12. The molecule has 0 amide bonds. The van der Waals surface area contributed by atoms with Crippen LogP contribution >= 0.6 is 11.3 Å². The molecule has 1 fully saturated rings. The molecule has 3 heteroatoms. The molecular formula is C11H11NOS. The average molecular weight is 205 g/mol. The first-order chi connectivity index (χ1) is 6.69. The third kappa shape index (κ3) is 1.18. The van der Waals surface area contributed by atoms with Gasteiger partial charge in [0.05, 0.1) is 10.9 Å². The van der Waals surface area contributed by atoms with Crippen LogP contribution in [0, 0.1) is 23.7 Å². The van der Waals surface area contributed by atoms with Gasteiger partial charge in [-0.25, -0.2) is 0 Å². The zero-order valence-electron chi connectivity index (χ0n) is 8.04. The molecule has 1 heterocycles.